The zero-order chi connectivity index (χ0) is 10.2. The fraction of sp³-hybridized carbons (Fsp3) is 0.154. The van der Waals surface area contributed by atoms with Gasteiger partial charge in [0.15, 0.2) is 0 Å². The summed E-state index contributed by atoms with van der Waals surface area (Å²) in [5.41, 5.74) is 2.24. The summed E-state index contributed by atoms with van der Waals surface area (Å²) < 4.78 is 0. The van der Waals surface area contributed by atoms with Crippen molar-refractivity contribution in [1.29, 1.82) is 0 Å². The Balaban J connectivity index is 2.95. The standard InChI is InChI=1S/C13H14O/c1-2-7-12(10-6-11-14)13-8-4-3-5-9-13/h3-11H,2H2,1H3/b10-6+,12-7+. The summed E-state index contributed by atoms with van der Waals surface area (Å²) in [6, 6.07) is 10.0. The van der Waals surface area contributed by atoms with Crippen molar-refractivity contribution >= 4 is 11.9 Å². The number of hydrogen-bond donors (Lipinski definition) is 0. The van der Waals surface area contributed by atoms with Crippen molar-refractivity contribution < 1.29 is 4.79 Å². The molecule has 0 N–H and O–H groups in total. The molecule has 0 atom stereocenters. The van der Waals surface area contributed by atoms with Crippen molar-refractivity contribution in [3.8, 4) is 0 Å². The van der Waals surface area contributed by atoms with Gasteiger partial charge in [0, 0.05) is 0 Å². The van der Waals surface area contributed by atoms with Crippen LogP contribution < -0.4 is 0 Å². The molecule has 0 spiro atoms. The monoisotopic (exact) mass is 186 g/mol. The van der Waals surface area contributed by atoms with Crippen LogP contribution in [0.2, 0.25) is 0 Å². The zero-order valence-electron chi connectivity index (χ0n) is 8.31. The molecule has 1 rings (SSSR count). The summed E-state index contributed by atoms with van der Waals surface area (Å²) in [4.78, 5) is 10.2. The van der Waals surface area contributed by atoms with Gasteiger partial charge in [-0.3, -0.25) is 4.79 Å². The third-order valence-corrected chi connectivity index (χ3v) is 1.89. The van der Waals surface area contributed by atoms with E-state index in [1.54, 1.807) is 0 Å². The van der Waals surface area contributed by atoms with Crippen molar-refractivity contribution in [2.45, 2.75) is 13.3 Å². The summed E-state index contributed by atoms with van der Waals surface area (Å²) in [6.45, 7) is 2.08. The maximum Gasteiger partial charge on any atom is 0.142 e. The predicted octanol–water partition coefficient (Wildman–Crippen LogP) is 3.24. The minimum Gasteiger partial charge on any atom is -0.299 e. The minimum absolute atomic E-state index is 0.798. The van der Waals surface area contributed by atoms with Gasteiger partial charge < -0.3 is 0 Å². The van der Waals surface area contributed by atoms with Crippen LogP contribution in [0.3, 0.4) is 0 Å². The van der Waals surface area contributed by atoms with Crippen LogP contribution in [0.4, 0.5) is 0 Å². The Morgan fingerprint density at radius 1 is 1.29 bits per heavy atom. The Labute approximate surface area is 84.8 Å². The van der Waals surface area contributed by atoms with Crippen LogP contribution in [-0.2, 0) is 4.79 Å². The Morgan fingerprint density at radius 3 is 2.57 bits per heavy atom. The topological polar surface area (TPSA) is 17.1 Å². The quantitative estimate of drug-likeness (QED) is 0.401. The molecule has 0 bridgehead atoms. The van der Waals surface area contributed by atoms with Gasteiger partial charge in [-0.15, -0.1) is 0 Å². The zero-order valence-corrected chi connectivity index (χ0v) is 8.31. The Morgan fingerprint density at radius 2 is 2.00 bits per heavy atom. The summed E-state index contributed by atoms with van der Waals surface area (Å²) in [7, 11) is 0. The van der Waals surface area contributed by atoms with Crippen LogP contribution in [0, 0.1) is 0 Å². The molecule has 0 radical (unpaired) electrons. The number of carbonyl (C=O) groups excluding carboxylic acids is 1. The van der Waals surface area contributed by atoms with Crippen molar-refractivity contribution in [3.05, 3.63) is 54.1 Å². The smallest absolute Gasteiger partial charge is 0.142 e. The number of benzene rings is 1. The van der Waals surface area contributed by atoms with Gasteiger partial charge in [-0.25, -0.2) is 0 Å². The van der Waals surface area contributed by atoms with Gasteiger partial charge in [0.2, 0.25) is 0 Å². The second-order valence-electron chi connectivity index (χ2n) is 2.93. The molecule has 0 unspecified atom stereocenters. The lowest BCUT2D eigenvalue weighted by Gasteiger charge is -2.00. The van der Waals surface area contributed by atoms with Crippen LogP contribution in [0.15, 0.2) is 48.6 Å². The normalized spacial score (nSPS) is 11.9. The molecule has 72 valence electrons. The first-order valence-corrected chi connectivity index (χ1v) is 4.76. The third-order valence-electron chi connectivity index (χ3n) is 1.89. The molecule has 1 heteroatoms. The summed E-state index contributed by atoms with van der Waals surface area (Å²) in [5, 5.41) is 0. The van der Waals surface area contributed by atoms with Crippen molar-refractivity contribution in [2.75, 3.05) is 0 Å². The molecule has 1 aromatic rings. The van der Waals surface area contributed by atoms with E-state index in [2.05, 4.69) is 13.0 Å². The number of allylic oxidation sites excluding steroid dienone is 4. The van der Waals surface area contributed by atoms with Gasteiger partial charge in [-0.1, -0.05) is 49.4 Å². The number of carbonyl (C=O) groups is 1. The van der Waals surface area contributed by atoms with Gasteiger partial charge >= 0.3 is 0 Å². The predicted molar refractivity (Wildman–Crippen MR) is 59.9 cm³/mol. The van der Waals surface area contributed by atoms with E-state index in [1.165, 1.54) is 6.08 Å². The molecule has 0 aliphatic carbocycles. The first kappa shape index (κ1) is 10.5. The van der Waals surface area contributed by atoms with Gasteiger partial charge in [0.05, 0.1) is 0 Å². The lowest BCUT2D eigenvalue weighted by molar-refractivity contribution is -0.104. The number of hydrogen-bond acceptors (Lipinski definition) is 1. The van der Waals surface area contributed by atoms with Gasteiger partial charge in [0.1, 0.15) is 6.29 Å². The molecule has 0 aliphatic rings. The van der Waals surface area contributed by atoms with E-state index in [1.807, 2.05) is 36.4 Å². The van der Waals surface area contributed by atoms with E-state index < -0.39 is 0 Å². The molecule has 0 amide bonds. The average Bonchev–Trinajstić information content (AvgIpc) is 2.25. The highest BCUT2D eigenvalue weighted by Crippen LogP contribution is 2.15. The largest absolute Gasteiger partial charge is 0.299 e. The SMILES string of the molecule is CC/C=C(\C=C\C=O)c1ccccc1. The molecule has 0 saturated carbocycles. The maximum absolute atomic E-state index is 10.2. The average molecular weight is 186 g/mol. The van der Waals surface area contributed by atoms with Crippen LogP contribution in [0.5, 0.6) is 0 Å². The Kier molecular flexibility index (Phi) is 4.42. The molecular weight excluding hydrogens is 172 g/mol. The third kappa shape index (κ3) is 3.02. The van der Waals surface area contributed by atoms with Crippen LogP contribution >= 0.6 is 0 Å². The van der Waals surface area contributed by atoms with E-state index in [-0.39, 0.29) is 0 Å². The molecule has 0 heterocycles. The van der Waals surface area contributed by atoms with Gasteiger partial charge in [-0.2, -0.15) is 0 Å². The molecule has 1 nitrogen and oxygen atoms in total. The highest BCUT2D eigenvalue weighted by Gasteiger charge is 1.94. The highest BCUT2D eigenvalue weighted by molar-refractivity contribution is 5.79. The second-order valence-corrected chi connectivity index (χ2v) is 2.93. The fourth-order valence-corrected chi connectivity index (χ4v) is 1.28. The van der Waals surface area contributed by atoms with Crippen molar-refractivity contribution in [3.63, 3.8) is 0 Å². The molecule has 0 saturated heterocycles. The Bertz CT molecular complexity index is 334. The first-order chi connectivity index (χ1) is 6.88. The summed E-state index contributed by atoms with van der Waals surface area (Å²) >= 11 is 0. The van der Waals surface area contributed by atoms with E-state index in [4.69, 9.17) is 0 Å². The van der Waals surface area contributed by atoms with E-state index >= 15 is 0 Å². The number of aldehydes is 1. The van der Waals surface area contributed by atoms with Gasteiger partial charge in [-0.05, 0) is 23.6 Å². The Hall–Kier alpha value is -1.63. The van der Waals surface area contributed by atoms with Gasteiger partial charge in [0.25, 0.3) is 0 Å². The van der Waals surface area contributed by atoms with E-state index in [0.717, 1.165) is 23.8 Å². The minimum atomic E-state index is 0.798. The fourth-order valence-electron chi connectivity index (χ4n) is 1.28. The summed E-state index contributed by atoms with van der Waals surface area (Å²) in [6.07, 6.45) is 7.23. The highest BCUT2D eigenvalue weighted by atomic mass is 16.1. The summed E-state index contributed by atoms with van der Waals surface area (Å²) in [5.74, 6) is 0. The number of rotatable bonds is 4. The molecule has 0 aromatic heterocycles. The lowest BCUT2D eigenvalue weighted by Crippen LogP contribution is -1.80. The second kappa shape index (κ2) is 5.92. The van der Waals surface area contributed by atoms with E-state index in [9.17, 15) is 4.79 Å². The molecule has 14 heavy (non-hydrogen) atoms. The molecule has 1 aromatic carbocycles. The molecule has 0 fully saturated rings. The van der Waals surface area contributed by atoms with Crippen molar-refractivity contribution in [2.24, 2.45) is 0 Å². The molecule has 0 aliphatic heterocycles. The van der Waals surface area contributed by atoms with Crippen LogP contribution in [0.25, 0.3) is 5.57 Å². The first-order valence-electron chi connectivity index (χ1n) is 4.76. The van der Waals surface area contributed by atoms with E-state index in [0.29, 0.717) is 0 Å². The maximum atomic E-state index is 10.2. The lowest BCUT2D eigenvalue weighted by atomic mass is 10.0. The molecular formula is C13H14O. The van der Waals surface area contributed by atoms with Crippen LogP contribution in [0.1, 0.15) is 18.9 Å². The van der Waals surface area contributed by atoms with Crippen LogP contribution in [-0.4, -0.2) is 6.29 Å². The van der Waals surface area contributed by atoms with Crippen molar-refractivity contribution in [1.82, 2.24) is 0 Å².